The van der Waals surface area contributed by atoms with Gasteiger partial charge >= 0.3 is 0 Å². The third kappa shape index (κ3) is 4.47. The zero-order valence-corrected chi connectivity index (χ0v) is 18.3. The molecule has 0 bridgehead atoms. The zero-order valence-electron chi connectivity index (χ0n) is 17.5. The molecule has 4 rings (SSSR count). The fourth-order valence-electron chi connectivity index (χ4n) is 3.95. The average Bonchev–Trinajstić information content (AvgIpc) is 3.37. The maximum atomic E-state index is 13.0. The number of amides is 1. The predicted molar refractivity (Wildman–Crippen MR) is 119 cm³/mol. The van der Waals surface area contributed by atoms with Crippen molar-refractivity contribution < 1.29 is 19.0 Å². The number of aromatic nitrogens is 1. The molecule has 1 aromatic carbocycles. The lowest BCUT2D eigenvalue weighted by atomic mass is 10.1. The second-order valence-corrected chi connectivity index (χ2v) is 8.40. The minimum Gasteiger partial charge on any atom is -0.493 e. The van der Waals surface area contributed by atoms with Crippen LogP contribution in [0.25, 0.3) is 10.2 Å². The number of hydrogen-bond donors (Lipinski definition) is 1. The number of thiophene rings is 1. The summed E-state index contributed by atoms with van der Waals surface area (Å²) in [5.74, 6) is 1.35. The monoisotopic (exact) mass is 428 g/mol. The lowest BCUT2D eigenvalue weighted by Gasteiger charge is -2.24. The summed E-state index contributed by atoms with van der Waals surface area (Å²) >= 11 is 1.67. The topological polar surface area (TPSA) is 61.7 Å². The van der Waals surface area contributed by atoms with Gasteiger partial charge in [-0.2, -0.15) is 0 Å². The fourth-order valence-corrected chi connectivity index (χ4v) is 4.85. The van der Waals surface area contributed by atoms with Gasteiger partial charge in [0.1, 0.15) is 10.5 Å². The molecule has 1 atom stereocenters. The minimum absolute atomic E-state index is 0.0466. The highest BCUT2D eigenvalue weighted by Crippen LogP contribution is 2.28. The summed E-state index contributed by atoms with van der Waals surface area (Å²) in [4.78, 5) is 14.1. The first-order valence-corrected chi connectivity index (χ1v) is 11.2. The quantitative estimate of drug-likeness (QED) is 0.582. The second-order valence-electron chi connectivity index (χ2n) is 7.51. The van der Waals surface area contributed by atoms with Crippen LogP contribution in [-0.2, 0) is 17.7 Å². The van der Waals surface area contributed by atoms with Crippen LogP contribution < -0.4 is 14.8 Å². The standard InChI is InChI=1S/C23H28N2O4S/c1-27-20-7-6-16(13-21(20)28-2)8-10-24-22(26)19-14-17-9-12-30-23(17)25(19)15-18-5-3-4-11-29-18/h6-7,9,12-14,18H,3-5,8,10-11,15H2,1-2H3,(H,24,26). The minimum atomic E-state index is -0.0466. The Hall–Kier alpha value is -2.51. The molecule has 1 aliphatic heterocycles. The Morgan fingerprint density at radius 3 is 2.83 bits per heavy atom. The Balaban J connectivity index is 1.43. The van der Waals surface area contributed by atoms with E-state index in [9.17, 15) is 4.79 Å². The van der Waals surface area contributed by atoms with Crippen LogP contribution in [0.2, 0.25) is 0 Å². The maximum absolute atomic E-state index is 13.0. The molecule has 160 valence electrons. The van der Waals surface area contributed by atoms with Gasteiger partial charge in [0.2, 0.25) is 0 Å². The zero-order chi connectivity index (χ0) is 20.9. The second kappa shape index (κ2) is 9.53. The molecule has 1 fully saturated rings. The molecule has 0 aliphatic carbocycles. The molecule has 3 heterocycles. The molecule has 2 aromatic heterocycles. The van der Waals surface area contributed by atoms with E-state index in [0.717, 1.165) is 41.8 Å². The maximum Gasteiger partial charge on any atom is 0.267 e. The summed E-state index contributed by atoms with van der Waals surface area (Å²) in [6.07, 6.45) is 4.25. The number of carbonyl (C=O) groups is 1. The molecule has 1 amide bonds. The molecule has 0 saturated carbocycles. The lowest BCUT2D eigenvalue weighted by molar-refractivity contribution is 0.00645. The first-order chi connectivity index (χ1) is 14.7. The molecular formula is C23H28N2O4S. The van der Waals surface area contributed by atoms with E-state index in [4.69, 9.17) is 14.2 Å². The number of carbonyl (C=O) groups excluding carboxylic acids is 1. The third-order valence-corrected chi connectivity index (χ3v) is 6.49. The Bertz CT molecular complexity index is 1000. The van der Waals surface area contributed by atoms with Crippen molar-refractivity contribution in [3.05, 3.63) is 47.0 Å². The number of fused-ring (bicyclic) bond motifs is 1. The van der Waals surface area contributed by atoms with Crippen LogP contribution in [0.5, 0.6) is 11.5 Å². The van der Waals surface area contributed by atoms with Crippen LogP contribution in [0.1, 0.15) is 35.3 Å². The Morgan fingerprint density at radius 1 is 1.20 bits per heavy atom. The summed E-state index contributed by atoms with van der Waals surface area (Å²) in [6, 6.07) is 9.88. The van der Waals surface area contributed by atoms with E-state index in [1.807, 2.05) is 24.3 Å². The van der Waals surface area contributed by atoms with Gasteiger partial charge in [-0.1, -0.05) is 6.07 Å². The van der Waals surface area contributed by atoms with Crippen LogP contribution in [-0.4, -0.2) is 43.9 Å². The average molecular weight is 429 g/mol. The number of nitrogens with one attached hydrogen (secondary N) is 1. The first kappa shape index (κ1) is 20.8. The molecule has 0 spiro atoms. The van der Waals surface area contributed by atoms with Gasteiger partial charge in [0.05, 0.1) is 26.9 Å². The van der Waals surface area contributed by atoms with E-state index in [1.165, 1.54) is 6.42 Å². The third-order valence-electron chi connectivity index (χ3n) is 5.54. The summed E-state index contributed by atoms with van der Waals surface area (Å²) in [5, 5.41) is 6.26. The fraction of sp³-hybridized carbons (Fsp3) is 0.435. The molecule has 1 saturated heterocycles. The summed E-state index contributed by atoms with van der Waals surface area (Å²) < 4.78 is 18.7. The smallest absolute Gasteiger partial charge is 0.267 e. The van der Waals surface area contributed by atoms with Crippen LogP contribution in [0.15, 0.2) is 35.7 Å². The van der Waals surface area contributed by atoms with Gasteiger partial charge in [-0.3, -0.25) is 4.79 Å². The highest BCUT2D eigenvalue weighted by Gasteiger charge is 2.21. The molecule has 30 heavy (non-hydrogen) atoms. The van der Waals surface area contributed by atoms with Crippen molar-refractivity contribution in [2.45, 2.75) is 38.3 Å². The number of rotatable bonds is 8. The Kier molecular flexibility index (Phi) is 6.59. The number of hydrogen-bond acceptors (Lipinski definition) is 5. The van der Waals surface area contributed by atoms with Crippen LogP contribution in [0.3, 0.4) is 0 Å². The summed E-state index contributed by atoms with van der Waals surface area (Å²) in [6.45, 7) is 2.09. The van der Waals surface area contributed by atoms with Gasteiger partial charge < -0.3 is 24.1 Å². The largest absolute Gasteiger partial charge is 0.493 e. The first-order valence-electron chi connectivity index (χ1n) is 10.4. The van der Waals surface area contributed by atoms with E-state index in [0.29, 0.717) is 30.2 Å². The highest BCUT2D eigenvalue weighted by molar-refractivity contribution is 7.16. The van der Waals surface area contributed by atoms with E-state index >= 15 is 0 Å². The van der Waals surface area contributed by atoms with Crippen LogP contribution >= 0.6 is 11.3 Å². The predicted octanol–water partition coefficient (Wildman–Crippen LogP) is 4.26. The molecule has 6 nitrogen and oxygen atoms in total. The van der Waals surface area contributed by atoms with Crippen molar-refractivity contribution in [1.82, 2.24) is 9.88 Å². The molecular weight excluding hydrogens is 400 g/mol. The molecule has 3 aromatic rings. The van der Waals surface area contributed by atoms with Crippen molar-refractivity contribution in [3.8, 4) is 11.5 Å². The van der Waals surface area contributed by atoms with Crippen LogP contribution in [0.4, 0.5) is 0 Å². The molecule has 1 N–H and O–H groups in total. The Labute approximate surface area is 180 Å². The van der Waals surface area contributed by atoms with Gasteiger partial charge in [0.25, 0.3) is 5.91 Å². The van der Waals surface area contributed by atoms with Crippen molar-refractivity contribution in [2.75, 3.05) is 27.4 Å². The van der Waals surface area contributed by atoms with Gasteiger partial charge in [-0.15, -0.1) is 11.3 Å². The molecule has 0 radical (unpaired) electrons. The normalized spacial score (nSPS) is 16.5. The number of ether oxygens (including phenoxy) is 3. The van der Waals surface area contributed by atoms with E-state index in [2.05, 4.69) is 21.3 Å². The van der Waals surface area contributed by atoms with Crippen molar-refractivity contribution in [1.29, 1.82) is 0 Å². The SMILES string of the molecule is COc1ccc(CCNC(=O)c2cc3ccsc3n2CC2CCCCO2)cc1OC. The van der Waals surface area contributed by atoms with Crippen molar-refractivity contribution in [2.24, 2.45) is 0 Å². The molecule has 1 unspecified atom stereocenters. The lowest BCUT2D eigenvalue weighted by Crippen LogP contribution is -2.30. The van der Waals surface area contributed by atoms with Gasteiger partial charge in [0.15, 0.2) is 11.5 Å². The molecule has 1 aliphatic rings. The number of methoxy groups -OCH3 is 2. The number of nitrogens with zero attached hydrogens (tertiary/aromatic N) is 1. The summed E-state index contributed by atoms with van der Waals surface area (Å²) in [5.41, 5.74) is 1.79. The van der Waals surface area contributed by atoms with Crippen molar-refractivity contribution >= 4 is 27.5 Å². The highest BCUT2D eigenvalue weighted by atomic mass is 32.1. The van der Waals surface area contributed by atoms with E-state index in [1.54, 1.807) is 25.6 Å². The number of benzene rings is 1. The van der Waals surface area contributed by atoms with Gasteiger partial charge in [-0.05, 0) is 60.9 Å². The van der Waals surface area contributed by atoms with Crippen LogP contribution in [0, 0.1) is 0 Å². The van der Waals surface area contributed by atoms with Gasteiger partial charge in [0, 0.05) is 18.5 Å². The van der Waals surface area contributed by atoms with Gasteiger partial charge in [-0.25, -0.2) is 0 Å². The van der Waals surface area contributed by atoms with E-state index in [-0.39, 0.29) is 12.0 Å². The molecule has 7 heteroatoms. The van der Waals surface area contributed by atoms with Crippen molar-refractivity contribution in [3.63, 3.8) is 0 Å². The van der Waals surface area contributed by atoms with E-state index < -0.39 is 0 Å². The Morgan fingerprint density at radius 2 is 2.07 bits per heavy atom. The summed E-state index contributed by atoms with van der Waals surface area (Å²) in [7, 11) is 3.25.